The first kappa shape index (κ1) is 16.3. The van der Waals surface area contributed by atoms with Crippen molar-refractivity contribution < 1.29 is 19.1 Å². The van der Waals surface area contributed by atoms with Crippen LogP contribution in [0.2, 0.25) is 0 Å². The number of hydrogen-bond acceptors (Lipinski definition) is 2. The predicted molar refractivity (Wildman–Crippen MR) is 75.8 cm³/mol. The quantitative estimate of drug-likeness (QED) is 0.524. The number of alkyl halides is 1. The fraction of sp³-hybridized carbons (Fsp3) is 0.500. The monoisotopic (exact) mass is 280 g/mol. The number of aryl methyl sites for hydroxylation is 1. The Labute approximate surface area is 118 Å². The van der Waals surface area contributed by atoms with Crippen molar-refractivity contribution in [1.82, 2.24) is 0 Å². The second-order valence-corrected chi connectivity index (χ2v) is 4.87. The van der Waals surface area contributed by atoms with Gasteiger partial charge in [0.1, 0.15) is 0 Å². The van der Waals surface area contributed by atoms with Gasteiger partial charge in [0.05, 0.1) is 6.67 Å². The van der Waals surface area contributed by atoms with Crippen LogP contribution in [0.3, 0.4) is 0 Å². The van der Waals surface area contributed by atoms with E-state index in [0.717, 1.165) is 18.4 Å². The van der Waals surface area contributed by atoms with Crippen molar-refractivity contribution in [2.45, 2.75) is 44.9 Å². The Morgan fingerprint density at radius 1 is 0.950 bits per heavy atom. The summed E-state index contributed by atoms with van der Waals surface area (Å²) in [5.74, 6) is -0.703. The van der Waals surface area contributed by atoms with Crippen LogP contribution in [0.4, 0.5) is 4.39 Å². The molecule has 0 spiro atoms. The van der Waals surface area contributed by atoms with Gasteiger partial charge in [0, 0.05) is 18.4 Å². The molecule has 0 aliphatic carbocycles. The van der Waals surface area contributed by atoms with Gasteiger partial charge in [-0.25, -0.2) is 0 Å². The molecule has 0 aromatic heterocycles. The highest BCUT2D eigenvalue weighted by atomic mass is 19.1. The molecule has 0 saturated carbocycles. The van der Waals surface area contributed by atoms with E-state index in [-0.39, 0.29) is 18.9 Å². The zero-order valence-corrected chi connectivity index (χ0v) is 11.6. The van der Waals surface area contributed by atoms with Gasteiger partial charge >= 0.3 is 5.97 Å². The summed E-state index contributed by atoms with van der Waals surface area (Å²) in [6.07, 6.45) is 3.92. The number of carboxylic acid groups (broad SMARTS) is 1. The third kappa shape index (κ3) is 6.45. The minimum atomic E-state index is -0.787. The van der Waals surface area contributed by atoms with Crippen LogP contribution in [0, 0.1) is 0 Å². The smallest absolute Gasteiger partial charge is 0.303 e. The lowest BCUT2D eigenvalue weighted by Gasteiger charge is -2.03. The van der Waals surface area contributed by atoms with E-state index in [2.05, 4.69) is 0 Å². The van der Waals surface area contributed by atoms with Gasteiger partial charge in [-0.15, -0.1) is 0 Å². The van der Waals surface area contributed by atoms with Gasteiger partial charge in [-0.3, -0.25) is 14.0 Å². The van der Waals surface area contributed by atoms with E-state index in [1.165, 1.54) is 0 Å². The summed E-state index contributed by atoms with van der Waals surface area (Å²) in [5.41, 5.74) is 1.72. The average molecular weight is 280 g/mol. The minimum absolute atomic E-state index is 0.0842. The second kappa shape index (κ2) is 9.23. The summed E-state index contributed by atoms with van der Waals surface area (Å²) in [4.78, 5) is 22.3. The summed E-state index contributed by atoms with van der Waals surface area (Å²) >= 11 is 0. The van der Waals surface area contributed by atoms with Crippen LogP contribution >= 0.6 is 0 Å². The van der Waals surface area contributed by atoms with Crippen molar-refractivity contribution in [3.63, 3.8) is 0 Å². The number of carbonyl (C=O) groups is 2. The third-order valence-electron chi connectivity index (χ3n) is 3.17. The lowest BCUT2D eigenvalue weighted by Crippen LogP contribution is -2.00. The number of aliphatic carboxylic acids is 1. The lowest BCUT2D eigenvalue weighted by molar-refractivity contribution is -0.137. The highest BCUT2D eigenvalue weighted by Crippen LogP contribution is 2.12. The minimum Gasteiger partial charge on any atom is -0.481 e. The molecule has 3 nitrogen and oxygen atoms in total. The molecule has 0 aliphatic heterocycles. The van der Waals surface area contributed by atoms with Crippen molar-refractivity contribution in [3.05, 3.63) is 35.4 Å². The Kier molecular flexibility index (Phi) is 7.55. The van der Waals surface area contributed by atoms with Gasteiger partial charge < -0.3 is 5.11 Å². The summed E-state index contributed by atoms with van der Waals surface area (Å²) in [6.45, 7) is -0.320. The van der Waals surface area contributed by atoms with Gasteiger partial charge in [0.15, 0.2) is 5.78 Å². The summed E-state index contributed by atoms with van der Waals surface area (Å²) in [7, 11) is 0. The number of Topliss-reactive ketones (excluding diaryl/α,β-unsaturated/α-hetero) is 1. The molecular formula is C16H21FO3. The third-order valence-corrected chi connectivity index (χ3v) is 3.17. The first-order chi connectivity index (χ1) is 9.63. The first-order valence-electron chi connectivity index (χ1n) is 7.03. The number of rotatable bonds is 10. The molecule has 1 rings (SSSR count). The number of benzene rings is 1. The number of ketones is 1. The lowest BCUT2D eigenvalue weighted by atomic mass is 10.0. The molecule has 0 bridgehead atoms. The normalized spacial score (nSPS) is 10.4. The van der Waals surface area contributed by atoms with Crippen molar-refractivity contribution in [2.24, 2.45) is 0 Å². The van der Waals surface area contributed by atoms with Crippen LogP contribution in [0.1, 0.15) is 54.4 Å². The molecule has 4 heteroatoms. The van der Waals surface area contributed by atoms with E-state index in [4.69, 9.17) is 5.11 Å². The van der Waals surface area contributed by atoms with Crippen molar-refractivity contribution in [1.29, 1.82) is 0 Å². The van der Waals surface area contributed by atoms with Crippen molar-refractivity contribution in [2.75, 3.05) is 6.67 Å². The van der Waals surface area contributed by atoms with E-state index >= 15 is 0 Å². The molecule has 0 radical (unpaired) electrons. The van der Waals surface area contributed by atoms with Gasteiger partial charge in [-0.05, 0) is 31.2 Å². The van der Waals surface area contributed by atoms with Crippen LogP contribution in [0.25, 0.3) is 0 Å². The standard InChI is InChI=1S/C16H21FO3/c17-12-3-1-2-6-15(18)14-10-8-13(9-11-14)5-4-7-16(19)20/h8-11H,1-7,12H2,(H,19,20). The topological polar surface area (TPSA) is 54.4 Å². The Morgan fingerprint density at radius 3 is 2.25 bits per heavy atom. The Morgan fingerprint density at radius 2 is 1.65 bits per heavy atom. The Balaban J connectivity index is 2.37. The molecule has 1 aromatic carbocycles. The van der Waals surface area contributed by atoms with Crippen LogP contribution < -0.4 is 0 Å². The van der Waals surface area contributed by atoms with Gasteiger partial charge in [0.25, 0.3) is 0 Å². The number of unbranched alkanes of at least 4 members (excludes halogenated alkanes) is 2. The van der Waals surface area contributed by atoms with E-state index in [1.807, 2.05) is 12.1 Å². The molecule has 0 saturated heterocycles. The number of carbonyl (C=O) groups excluding carboxylic acids is 1. The zero-order chi connectivity index (χ0) is 14.8. The first-order valence-corrected chi connectivity index (χ1v) is 7.03. The van der Waals surface area contributed by atoms with Crippen molar-refractivity contribution in [3.8, 4) is 0 Å². The van der Waals surface area contributed by atoms with Crippen molar-refractivity contribution >= 4 is 11.8 Å². The summed E-state index contributed by atoms with van der Waals surface area (Å²) in [5, 5.41) is 8.56. The molecule has 0 aliphatic rings. The van der Waals surface area contributed by atoms with E-state index in [1.54, 1.807) is 12.1 Å². The Bertz CT molecular complexity index is 426. The molecule has 110 valence electrons. The highest BCUT2D eigenvalue weighted by molar-refractivity contribution is 5.96. The van der Waals surface area contributed by atoms with Crippen LogP contribution in [0.15, 0.2) is 24.3 Å². The van der Waals surface area contributed by atoms with Crippen LogP contribution in [-0.2, 0) is 11.2 Å². The predicted octanol–water partition coefficient (Wildman–Crippen LogP) is 3.81. The van der Waals surface area contributed by atoms with E-state index < -0.39 is 5.97 Å². The maximum absolute atomic E-state index is 11.9. The molecule has 0 heterocycles. The molecular weight excluding hydrogens is 259 g/mol. The summed E-state index contributed by atoms with van der Waals surface area (Å²) in [6, 6.07) is 7.31. The maximum Gasteiger partial charge on any atom is 0.303 e. The Hall–Kier alpha value is -1.71. The highest BCUT2D eigenvalue weighted by Gasteiger charge is 2.06. The zero-order valence-electron chi connectivity index (χ0n) is 11.6. The van der Waals surface area contributed by atoms with Gasteiger partial charge in [0.2, 0.25) is 0 Å². The molecule has 0 unspecified atom stereocenters. The van der Waals surface area contributed by atoms with E-state index in [0.29, 0.717) is 31.2 Å². The fourth-order valence-corrected chi connectivity index (χ4v) is 2.00. The maximum atomic E-state index is 11.9. The fourth-order valence-electron chi connectivity index (χ4n) is 2.00. The second-order valence-electron chi connectivity index (χ2n) is 4.87. The van der Waals surface area contributed by atoms with Gasteiger partial charge in [-0.1, -0.05) is 30.7 Å². The number of carboxylic acids is 1. The molecule has 0 atom stereocenters. The molecule has 0 amide bonds. The number of hydrogen-bond donors (Lipinski definition) is 1. The summed E-state index contributed by atoms with van der Waals surface area (Å²) < 4.78 is 11.9. The molecule has 0 fully saturated rings. The van der Waals surface area contributed by atoms with E-state index in [9.17, 15) is 14.0 Å². The van der Waals surface area contributed by atoms with Crippen LogP contribution in [-0.4, -0.2) is 23.5 Å². The molecule has 20 heavy (non-hydrogen) atoms. The molecule has 1 aromatic rings. The van der Waals surface area contributed by atoms with Gasteiger partial charge in [-0.2, -0.15) is 0 Å². The molecule has 1 N–H and O–H groups in total. The largest absolute Gasteiger partial charge is 0.481 e. The average Bonchev–Trinajstić information content (AvgIpc) is 2.44. The van der Waals surface area contributed by atoms with Crippen LogP contribution in [0.5, 0.6) is 0 Å². The number of halogens is 1. The SMILES string of the molecule is O=C(O)CCCc1ccc(C(=O)CCCCCF)cc1.